The van der Waals surface area contributed by atoms with Crippen LogP contribution in [0.1, 0.15) is 12.0 Å². The zero-order chi connectivity index (χ0) is 24.9. The van der Waals surface area contributed by atoms with Crippen LogP contribution in [0.5, 0.6) is 17.4 Å². The largest absolute Gasteiger partial charge is 0.486 e. The summed E-state index contributed by atoms with van der Waals surface area (Å²) in [7, 11) is 1.61. The number of rotatable bonds is 10. The number of nitrogens with two attached hydrogens (primary N) is 1. The van der Waals surface area contributed by atoms with E-state index in [0.717, 1.165) is 48.2 Å². The van der Waals surface area contributed by atoms with Gasteiger partial charge in [0.2, 0.25) is 5.88 Å². The van der Waals surface area contributed by atoms with Crippen LogP contribution >= 0.6 is 0 Å². The van der Waals surface area contributed by atoms with E-state index in [0.29, 0.717) is 50.2 Å². The van der Waals surface area contributed by atoms with Gasteiger partial charge in [0.05, 0.1) is 30.4 Å². The van der Waals surface area contributed by atoms with Crippen LogP contribution in [0.2, 0.25) is 0 Å². The summed E-state index contributed by atoms with van der Waals surface area (Å²) in [6, 6.07) is 11.3. The number of benzene rings is 1. The lowest BCUT2D eigenvalue weighted by molar-refractivity contribution is 0.109. The number of pyridine rings is 2. The minimum Gasteiger partial charge on any atom is -0.486 e. The molecule has 190 valence electrons. The van der Waals surface area contributed by atoms with Gasteiger partial charge in [-0.15, -0.1) is 0 Å². The van der Waals surface area contributed by atoms with Gasteiger partial charge in [-0.05, 0) is 49.2 Å². The van der Waals surface area contributed by atoms with E-state index in [4.69, 9.17) is 24.7 Å². The topological polar surface area (TPSA) is 112 Å². The van der Waals surface area contributed by atoms with E-state index in [-0.39, 0.29) is 12.2 Å². The summed E-state index contributed by atoms with van der Waals surface area (Å²) < 4.78 is 22.2. The molecule has 2 aliphatic rings. The van der Waals surface area contributed by atoms with Gasteiger partial charge >= 0.3 is 6.09 Å². The van der Waals surface area contributed by atoms with Crippen molar-refractivity contribution in [1.82, 2.24) is 14.9 Å². The molecule has 1 saturated heterocycles. The first-order valence-electron chi connectivity index (χ1n) is 12.2. The highest BCUT2D eigenvalue weighted by Crippen LogP contribution is 2.35. The van der Waals surface area contributed by atoms with Gasteiger partial charge in [0.15, 0.2) is 11.5 Å². The Hall–Kier alpha value is -3.63. The van der Waals surface area contributed by atoms with Gasteiger partial charge < -0.3 is 24.7 Å². The number of aryl methyl sites for hydroxylation is 1. The monoisotopic (exact) mass is 493 g/mol. The Morgan fingerprint density at radius 1 is 1.14 bits per heavy atom. The van der Waals surface area contributed by atoms with E-state index in [2.05, 4.69) is 14.9 Å². The lowest BCUT2D eigenvalue weighted by Gasteiger charge is -2.24. The molecule has 10 nitrogen and oxygen atoms in total. The van der Waals surface area contributed by atoms with Crippen molar-refractivity contribution in [3.8, 4) is 17.4 Å². The van der Waals surface area contributed by atoms with Crippen molar-refractivity contribution < 1.29 is 23.7 Å². The molecule has 1 atom stereocenters. The van der Waals surface area contributed by atoms with E-state index < -0.39 is 0 Å². The maximum atomic E-state index is 12.6. The van der Waals surface area contributed by atoms with Crippen LogP contribution in [0.4, 0.5) is 10.5 Å². The third-order valence-electron chi connectivity index (χ3n) is 6.39. The zero-order valence-corrected chi connectivity index (χ0v) is 20.4. The average molecular weight is 494 g/mol. The summed E-state index contributed by atoms with van der Waals surface area (Å²) in [6.07, 6.45) is 2.96. The van der Waals surface area contributed by atoms with E-state index in [1.54, 1.807) is 12.0 Å². The summed E-state index contributed by atoms with van der Waals surface area (Å²) in [5.74, 6) is 1.92. The molecule has 4 heterocycles. The lowest BCUT2D eigenvalue weighted by Crippen LogP contribution is -2.38. The molecule has 0 spiro atoms. The highest BCUT2D eigenvalue weighted by atomic mass is 16.6. The average Bonchev–Trinajstić information content (AvgIpc) is 3.28. The van der Waals surface area contributed by atoms with Gasteiger partial charge in [-0.1, -0.05) is 0 Å². The van der Waals surface area contributed by atoms with Gasteiger partial charge in [-0.3, -0.25) is 14.8 Å². The van der Waals surface area contributed by atoms with Crippen LogP contribution < -0.4 is 24.8 Å². The number of cyclic esters (lactones) is 1. The summed E-state index contributed by atoms with van der Waals surface area (Å²) in [5.41, 5.74) is 9.47. The SMILES string of the molecule is COc1ccc2nccc(CCCN(CCN)CC3CN(c4ccc5c(c4)OCCO5)C(=O)O3)c2n1. The normalized spacial score (nSPS) is 17.0. The fourth-order valence-corrected chi connectivity index (χ4v) is 4.66. The van der Waals surface area contributed by atoms with Gasteiger partial charge in [-0.25, -0.2) is 9.78 Å². The fourth-order valence-electron chi connectivity index (χ4n) is 4.66. The Kier molecular flexibility index (Phi) is 7.33. The van der Waals surface area contributed by atoms with Crippen molar-refractivity contribution in [2.24, 2.45) is 5.73 Å². The van der Waals surface area contributed by atoms with E-state index >= 15 is 0 Å². The second-order valence-corrected chi connectivity index (χ2v) is 8.83. The standard InChI is InChI=1S/C26H31N5O5/c1-33-24-7-5-21-25(29-24)18(8-10-28-21)3-2-11-30(12-9-27)16-20-17-31(26(32)36-20)19-4-6-22-23(15-19)35-14-13-34-22/h4-8,10,15,20H,2-3,9,11-14,16-17,27H2,1H3. The van der Waals surface area contributed by atoms with E-state index in [1.807, 2.05) is 42.6 Å². The van der Waals surface area contributed by atoms with Gasteiger partial charge in [0.1, 0.15) is 19.3 Å². The number of amides is 1. The molecule has 1 amide bonds. The van der Waals surface area contributed by atoms with Crippen molar-refractivity contribution in [3.05, 3.63) is 48.2 Å². The maximum absolute atomic E-state index is 12.6. The Labute approximate surface area is 209 Å². The fraction of sp³-hybridized carbons (Fsp3) is 0.423. The Balaban J connectivity index is 1.19. The number of aromatic nitrogens is 2. The molecular weight excluding hydrogens is 462 g/mol. The second kappa shape index (κ2) is 11.0. The van der Waals surface area contributed by atoms with E-state index in [9.17, 15) is 4.79 Å². The van der Waals surface area contributed by atoms with Crippen molar-refractivity contribution in [2.45, 2.75) is 18.9 Å². The minimum absolute atomic E-state index is 0.245. The van der Waals surface area contributed by atoms with Crippen molar-refractivity contribution >= 4 is 22.8 Å². The van der Waals surface area contributed by atoms with Gasteiger partial charge in [-0.2, -0.15) is 0 Å². The van der Waals surface area contributed by atoms with Crippen LogP contribution in [0.15, 0.2) is 42.6 Å². The molecule has 10 heteroatoms. The first kappa shape index (κ1) is 24.1. The molecule has 0 aliphatic carbocycles. The molecule has 36 heavy (non-hydrogen) atoms. The molecular formula is C26H31N5O5. The molecule has 2 aromatic heterocycles. The summed E-state index contributed by atoms with van der Waals surface area (Å²) in [4.78, 5) is 25.5. The number of carbonyl (C=O) groups is 1. The zero-order valence-electron chi connectivity index (χ0n) is 20.4. The van der Waals surface area contributed by atoms with Crippen LogP contribution in [0.25, 0.3) is 11.0 Å². The second-order valence-electron chi connectivity index (χ2n) is 8.83. The van der Waals surface area contributed by atoms with Gasteiger partial charge in [0, 0.05) is 38.0 Å². The third-order valence-corrected chi connectivity index (χ3v) is 6.39. The molecule has 1 unspecified atom stereocenters. The Morgan fingerprint density at radius 3 is 2.83 bits per heavy atom. The quantitative estimate of drug-likeness (QED) is 0.455. The molecule has 2 aliphatic heterocycles. The van der Waals surface area contributed by atoms with Crippen LogP contribution in [0.3, 0.4) is 0 Å². The number of nitrogens with zero attached hydrogens (tertiary/aromatic N) is 4. The molecule has 0 radical (unpaired) electrons. The highest BCUT2D eigenvalue weighted by molar-refractivity contribution is 5.90. The number of hydrogen-bond donors (Lipinski definition) is 1. The summed E-state index contributed by atoms with van der Waals surface area (Å²) in [5, 5.41) is 0. The minimum atomic E-state index is -0.354. The predicted molar refractivity (Wildman–Crippen MR) is 135 cm³/mol. The molecule has 3 aromatic rings. The van der Waals surface area contributed by atoms with Gasteiger partial charge in [0.25, 0.3) is 0 Å². The predicted octanol–water partition coefficient (Wildman–Crippen LogP) is 2.63. The third kappa shape index (κ3) is 5.29. The Morgan fingerprint density at radius 2 is 2.00 bits per heavy atom. The molecule has 1 aromatic carbocycles. The van der Waals surface area contributed by atoms with Crippen molar-refractivity contribution in [2.75, 3.05) is 57.9 Å². The van der Waals surface area contributed by atoms with Crippen LogP contribution in [-0.2, 0) is 11.2 Å². The first-order valence-corrected chi connectivity index (χ1v) is 12.2. The van der Waals surface area contributed by atoms with Crippen molar-refractivity contribution in [3.63, 3.8) is 0 Å². The number of carbonyl (C=O) groups excluding carboxylic acids is 1. The van der Waals surface area contributed by atoms with Crippen molar-refractivity contribution in [1.29, 1.82) is 0 Å². The summed E-state index contributed by atoms with van der Waals surface area (Å²) in [6.45, 7) is 4.19. The van der Waals surface area contributed by atoms with E-state index in [1.165, 1.54) is 0 Å². The number of hydrogen-bond acceptors (Lipinski definition) is 9. The van der Waals surface area contributed by atoms with Crippen LogP contribution in [-0.4, -0.2) is 80.1 Å². The molecule has 0 saturated carbocycles. The molecule has 0 bridgehead atoms. The number of methoxy groups -OCH3 is 1. The highest BCUT2D eigenvalue weighted by Gasteiger charge is 2.34. The molecule has 2 N–H and O–H groups in total. The number of ether oxygens (including phenoxy) is 4. The first-order chi connectivity index (χ1) is 17.6. The molecule has 5 rings (SSSR count). The smallest absolute Gasteiger partial charge is 0.414 e. The number of anilines is 1. The maximum Gasteiger partial charge on any atom is 0.414 e. The van der Waals surface area contributed by atoms with Crippen LogP contribution in [0, 0.1) is 0 Å². The molecule has 1 fully saturated rings. The summed E-state index contributed by atoms with van der Waals surface area (Å²) >= 11 is 0. The Bertz CT molecular complexity index is 1220. The number of fused-ring (bicyclic) bond motifs is 2. The lowest BCUT2D eigenvalue weighted by atomic mass is 10.1.